The maximum Gasteiger partial charge on any atom is 0.278 e. The van der Waals surface area contributed by atoms with Crippen molar-refractivity contribution in [3.05, 3.63) is 101 Å². The number of fused-ring (bicyclic) bond motifs is 1. The van der Waals surface area contributed by atoms with Crippen LogP contribution in [-0.2, 0) is 22.6 Å². The molecule has 154 valence electrons. The molecule has 2 aliphatic heterocycles. The van der Waals surface area contributed by atoms with Gasteiger partial charge in [-0.2, -0.15) is 0 Å². The topological polar surface area (TPSA) is 49.9 Å². The summed E-state index contributed by atoms with van der Waals surface area (Å²) in [4.78, 5) is 30.6. The number of ether oxygens (including phenoxy) is 1. The summed E-state index contributed by atoms with van der Waals surface area (Å²) >= 11 is 0. The summed E-state index contributed by atoms with van der Waals surface area (Å²) in [6.45, 7) is 0.837. The fourth-order valence-corrected chi connectivity index (χ4v) is 4.40. The minimum atomic E-state index is -0.276. The fraction of sp³-hybridized carbons (Fsp3) is 0.154. The lowest BCUT2D eigenvalue weighted by molar-refractivity contribution is -0.137. The van der Waals surface area contributed by atoms with Gasteiger partial charge in [0.2, 0.25) is 0 Å². The van der Waals surface area contributed by atoms with Gasteiger partial charge in [-0.3, -0.25) is 14.5 Å². The van der Waals surface area contributed by atoms with Crippen LogP contribution in [0.15, 0.2) is 84.6 Å². The number of imide groups is 1. The molecule has 0 saturated heterocycles. The van der Waals surface area contributed by atoms with E-state index < -0.39 is 0 Å². The molecule has 0 fully saturated rings. The monoisotopic (exact) mass is 410 g/mol. The first-order valence-electron chi connectivity index (χ1n) is 10.3. The van der Waals surface area contributed by atoms with Gasteiger partial charge in [0.1, 0.15) is 11.4 Å². The Kier molecular flexibility index (Phi) is 4.79. The van der Waals surface area contributed by atoms with E-state index in [2.05, 4.69) is 6.07 Å². The average Bonchev–Trinajstić information content (AvgIpc) is 3.34. The first-order chi connectivity index (χ1) is 15.2. The minimum Gasteiger partial charge on any atom is -0.496 e. The Morgan fingerprint density at radius 1 is 0.839 bits per heavy atom. The van der Waals surface area contributed by atoms with E-state index in [4.69, 9.17) is 4.74 Å². The van der Waals surface area contributed by atoms with Crippen molar-refractivity contribution < 1.29 is 14.3 Å². The highest BCUT2D eigenvalue weighted by molar-refractivity contribution is 6.36. The molecule has 3 aromatic rings. The molecule has 0 saturated carbocycles. The Bertz CT molecular complexity index is 1200. The molecule has 0 bridgehead atoms. The van der Waals surface area contributed by atoms with E-state index >= 15 is 0 Å². The van der Waals surface area contributed by atoms with Gasteiger partial charge in [0.25, 0.3) is 11.8 Å². The molecule has 0 aromatic heterocycles. The second-order valence-electron chi connectivity index (χ2n) is 7.63. The standard InChI is InChI=1S/C26H22N2O3/c1-31-22-14-8-6-12-20(22)17-28-25(29)23(19-10-3-2-4-11-19)24(26(28)30)27-16-15-18-9-5-7-13-21(18)27/h2-14H,15-17H2,1H3. The Hall–Kier alpha value is -3.86. The molecule has 3 aromatic carbocycles. The molecule has 5 heteroatoms. The third-order valence-corrected chi connectivity index (χ3v) is 5.88. The normalized spacial score (nSPS) is 15.6. The summed E-state index contributed by atoms with van der Waals surface area (Å²) in [5, 5.41) is 0. The van der Waals surface area contributed by atoms with E-state index in [9.17, 15) is 9.59 Å². The highest BCUT2D eigenvalue weighted by Gasteiger charge is 2.43. The number of benzene rings is 3. The summed E-state index contributed by atoms with van der Waals surface area (Å²) in [6.07, 6.45) is 0.843. The van der Waals surface area contributed by atoms with Crippen LogP contribution in [0.2, 0.25) is 0 Å². The van der Waals surface area contributed by atoms with Crippen LogP contribution in [0.3, 0.4) is 0 Å². The van der Waals surface area contributed by atoms with Crippen molar-refractivity contribution in [2.24, 2.45) is 0 Å². The molecule has 31 heavy (non-hydrogen) atoms. The van der Waals surface area contributed by atoms with Crippen LogP contribution >= 0.6 is 0 Å². The largest absolute Gasteiger partial charge is 0.496 e. The molecular weight excluding hydrogens is 388 g/mol. The van der Waals surface area contributed by atoms with Crippen LogP contribution in [0, 0.1) is 0 Å². The molecule has 5 rings (SSSR count). The van der Waals surface area contributed by atoms with Gasteiger partial charge in [0.05, 0.1) is 19.2 Å². The minimum absolute atomic E-state index is 0.164. The summed E-state index contributed by atoms with van der Waals surface area (Å²) in [6, 6.07) is 25.0. The SMILES string of the molecule is COc1ccccc1CN1C(=O)C(c2ccccc2)=C(N2CCc3ccccc32)C1=O. The van der Waals surface area contributed by atoms with Gasteiger partial charge >= 0.3 is 0 Å². The lowest BCUT2D eigenvalue weighted by atomic mass is 10.0. The van der Waals surface area contributed by atoms with Crippen molar-refractivity contribution >= 4 is 23.1 Å². The number of carbonyl (C=O) groups excluding carboxylic acids is 2. The number of rotatable bonds is 5. The van der Waals surface area contributed by atoms with Gasteiger partial charge < -0.3 is 9.64 Å². The lowest BCUT2D eigenvalue weighted by Crippen LogP contribution is -2.34. The number of carbonyl (C=O) groups is 2. The van der Waals surface area contributed by atoms with E-state index in [1.807, 2.05) is 77.7 Å². The van der Waals surface area contributed by atoms with Crippen molar-refractivity contribution in [1.29, 1.82) is 0 Å². The van der Waals surface area contributed by atoms with Gasteiger partial charge in [0.15, 0.2) is 0 Å². The zero-order valence-corrected chi connectivity index (χ0v) is 17.2. The zero-order valence-electron chi connectivity index (χ0n) is 17.2. The Labute approximate surface area is 181 Å². The van der Waals surface area contributed by atoms with Crippen LogP contribution in [0.25, 0.3) is 5.57 Å². The van der Waals surface area contributed by atoms with Gasteiger partial charge in [-0.15, -0.1) is 0 Å². The zero-order chi connectivity index (χ0) is 21.4. The molecular formula is C26H22N2O3. The molecule has 0 radical (unpaired) electrons. The number of amides is 2. The number of hydrogen-bond donors (Lipinski definition) is 0. The third-order valence-electron chi connectivity index (χ3n) is 5.88. The summed E-state index contributed by atoms with van der Waals surface area (Å²) < 4.78 is 5.44. The molecule has 0 unspecified atom stereocenters. The van der Waals surface area contributed by atoms with Crippen molar-refractivity contribution in [2.75, 3.05) is 18.6 Å². The Balaban J connectivity index is 1.60. The maximum atomic E-state index is 13.7. The van der Waals surface area contributed by atoms with Crippen LogP contribution in [-0.4, -0.2) is 30.4 Å². The lowest BCUT2D eigenvalue weighted by Gasteiger charge is -2.22. The Morgan fingerprint density at radius 3 is 2.35 bits per heavy atom. The predicted octanol–water partition coefficient (Wildman–Crippen LogP) is 4.04. The summed E-state index contributed by atoms with van der Waals surface area (Å²) in [5.74, 6) is 0.109. The number of methoxy groups -OCH3 is 1. The number of para-hydroxylation sites is 2. The van der Waals surface area contributed by atoms with Gasteiger partial charge in [0, 0.05) is 17.8 Å². The molecule has 2 aliphatic rings. The molecule has 2 heterocycles. The second-order valence-corrected chi connectivity index (χ2v) is 7.63. The molecule has 2 amide bonds. The first-order valence-corrected chi connectivity index (χ1v) is 10.3. The van der Waals surface area contributed by atoms with Gasteiger partial charge in [-0.05, 0) is 29.7 Å². The fourth-order valence-electron chi connectivity index (χ4n) is 4.40. The van der Waals surface area contributed by atoms with Crippen molar-refractivity contribution in [1.82, 2.24) is 4.90 Å². The molecule has 0 N–H and O–H groups in total. The van der Waals surface area contributed by atoms with E-state index in [0.29, 0.717) is 23.6 Å². The number of hydrogen-bond acceptors (Lipinski definition) is 4. The smallest absolute Gasteiger partial charge is 0.278 e. The summed E-state index contributed by atoms with van der Waals surface area (Å²) in [7, 11) is 1.59. The molecule has 0 spiro atoms. The van der Waals surface area contributed by atoms with Crippen molar-refractivity contribution in [2.45, 2.75) is 13.0 Å². The van der Waals surface area contributed by atoms with Crippen LogP contribution in [0.4, 0.5) is 5.69 Å². The van der Waals surface area contributed by atoms with Crippen LogP contribution in [0.1, 0.15) is 16.7 Å². The highest BCUT2D eigenvalue weighted by Crippen LogP contribution is 2.39. The van der Waals surface area contributed by atoms with E-state index in [-0.39, 0.29) is 18.4 Å². The molecule has 0 atom stereocenters. The third kappa shape index (κ3) is 3.19. The quantitative estimate of drug-likeness (QED) is 0.596. The van der Waals surface area contributed by atoms with Crippen molar-refractivity contribution in [3.8, 4) is 5.75 Å². The average molecular weight is 410 g/mol. The van der Waals surface area contributed by atoms with Crippen LogP contribution < -0.4 is 9.64 Å². The van der Waals surface area contributed by atoms with Crippen molar-refractivity contribution in [3.63, 3.8) is 0 Å². The van der Waals surface area contributed by atoms with Gasteiger partial charge in [-0.1, -0.05) is 66.7 Å². The van der Waals surface area contributed by atoms with E-state index in [1.54, 1.807) is 7.11 Å². The predicted molar refractivity (Wildman–Crippen MR) is 119 cm³/mol. The van der Waals surface area contributed by atoms with E-state index in [0.717, 1.165) is 23.2 Å². The van der Waals surface area contributed by atoms with Crippen LogP contribution in [0.5, 0.6) is 5.75 Å². The molecule has 0 aliphatic carbocycles. The van der Waals surface area contributed by atoms with Gasteiger partial charge in [-0.25, -0.2) is 0 Å². The number of anilines is 1. The Morgan fingerprint density at radius 2 is 1.55 bits per heavy atom. The second kappa shape index (κ2) is 7.76. The highest BCUT2D eigenvalue weighted by atomic mass is 16.5. The first kappa shape index (κ1) is 19.1. The summed E-state index contributed by atoms with van der Waals surface area (Å²) in [5.41, 5.74) is 4.63. The molecule has 5 nitrogen and oxygen atoms in total. The number of nitrogens with zero attached hydrogens (tertiary/aromatic N) is 2. The maximum absolute atomic E-state index is 13.7. The van der Waals surface area contributed by atoms with E-state index in [1.165, 1.54) is 10.5 Å².